The van der Waals surface area contributed by atoms with Crippen LogP contribution in [0.1, 0.15) is 36.8 Å². The number of amides is 2. The van der Waals surface area contributed by atoms with E-state index in [0.29, 0.717) is 52.4 Å². The van der Waals surface area contributed by atoms with Gasteiger partial charge in [-0.05, 0) is 61.1 Å². The number of nitrogens with zero attached hydrogens (tertiary/aromatic N) is 1. The lowest BCUT2D eigenvalue weighted by molar-refractivity contribution is -0.136. The Bertz CT molecular complexity index is 1020. The molecule has 0 aromatic heterocycles. The van der Waals surface area contributed by atoms with Gasteiger partial charge >= 0.3 is 0 Å². The van der Waals surface area contributed by atoms with Crippen LogP contribution in [-0.4, -0.2) is 35.8 Å². The lowest BCUT2D eigenvalue weighted by Crippen LogP contribution is -2.51. The summed E-state index contributed by atoms with van der Waals surface area (Å²) in [5.41, 5.74) is 0.779. The molecule has 2 aliphatic rings. The number of rotatable bonds is 6. The summed E-state index contributed by atoms with van der Waals surface area (Å²) in [6, 6.07) is 9.63. The van der Waals surface area contributed by atoms with Crippen LogP contribution in [-0.2, 0) is 21.4 Å². The highest BCUT2D eigenvalue weighted by Gasteiger charge is 2.53. The normalized spacial score (nSPS) is 18.0. The Balaban J connectivity index is 1.59. The minimum Gasteiger partial charge on any atom is -0.343 e. The third-order valence-corrected chi connectivity index (χ3v) is 7.23. The molecule has 1 saturated carbocycles. The predicted octanol–water partition coefficient (Wildman–Crippen LogP) is 5.68. The second kappa shape index (κ2) is 9.19. The first-order valence-electron chi connectivity index (χ1n) is 10.3. The molecule has 1 aliphatic carbocycles. The molecule has 2 aromatic carbocycles. The largest absolute Gasteiger partial charge is 0.343 e. The molecule has 2 fully saturated rings. The maximum atomic E-state index is 13.4. The molecule has 2 aromatic rings. The number of hydrogen-bond donors (Lipinski definition) is 1. The Hall–Kier alpha value is -1.46. The second-order valence-electron chi connectivity index (χ2n) is 8.20. The van der Waals surface area contributed by atoms with Gasteiger partial charge in [0.15, 0.2) is 0 Å². The Morgan fingerprint density at radius 2 is 1.55 bits per heavy atom. The molecule has 1 saturated heterocycles. The van der Waals surface area contributed by atoms with Gasteiger partial charge in [-0.3, -0.25) is 9.59 Å². The number of likely N-dealkylation sites (tertiary alicyclic amines) is 1. The monoisotopic (exact) mass is 498 g/mol. The quantitative estimate of drug-likeness (QED) is 0.555. The fraction of sp³-hybridized carbons (Fsp3) is 0.391. The lowest BCUT2D eigenvalue weighted by atomic mass is 9.93. The molecule has 8 heteroatoms. The molecule has 0 radical (unpaired) electrons. The standard InChI is InChI=1S/C23H22Cl4N2O2/c24-15-4-3-14(18(26)12-15)11-20(21(30)29-9-1-2-10-29)28-22(31)23(7-8-23)17-6-5-16(25)13-19(17)27/h3-6,12-13,20H,1-2,7-11H2,(H,28,31). The molecule has 1 aliphatic heterocycles. The van der Waals surface area contributed by atoms with Crippen LogP contribution in [0.25, 0.3) is 0 Å². The van der Waals surface area contributed by atoms with Crippen LogP contribution in [0.3, 0.4) is 0 Å². The minimum absolute atomic E-state index is 0.0881. The molecule has 164 valence electrons. The third kappa shape index (κ3) is 4.83. The van der Waals surface area contributed by atoms with Gasteiger partial charge in [-0.15, -0.1) is 0 Å². The van der Waals surface area contributed by atoms with Gasteiger partial charge in [0, 0.05) is 39.6 Å². The van der Waals surface area contributed by atoms with Gasteiger partial charge in [0.2, 0.25) is 11.8 Å². The van der Waals surface area contributed by atoms with E-state index in [2.05, 4.69) is 5.32 Å². The van der Waals surface area contributed by atoms with Gasteiger partial charge in [-0.2, -0.15) is 0 Å². The van der Waals surface area contributed by atoms with E-state index in [-0.39, 0.29) is 11.8 Å². The number of nitrogens with one attached hydrogen (secondary N) is 1. The van der Waals surface area contributed by atoms with Crippen molar-refractivity contribution >= 4 is 58.2 Å². The summed E-state index contributed by atoms with van der Waals surface area (Å²) in [5.74, 6) is -0.283. The maximum absolute atomic E-state index is 13.4. The SMILES string of the molecule is O=C(C(Cc1ccc(Cl)cc1Cl)NC(=O)C1(c2ccc(Cl)cc2Cl)CC1)N1CCCC1. The highest BCUT2D eigenvalue weighted by molar-refractivity contribution is 6.35. The van der Waals surface area contributed by atoms with Crippen molar-refractivity contribution in [3.05, 3.63) is 67.6 Å². The summed E-state index contributed by atoms with van der Waals surface area (Å²) in [6.07, 6.45) is 3.58. The van der Waals surface area contributed by atoms with Gasteiger partial charge in [-0.25, -0.2) is 0 Å². The van der Waals surface area contributed by atoms with Crippen molar-refractivity contribution < 1.29 is 9.59 Å². The first-order chi connectivity index (χ1) is 14.8. The smallest absolute Gasteiger partial charge is 0.245 e. The zero-order chi connectivity index (χ0) is 22.2. The van der Waals surface area contributed by atoms with Crippen LogP contribution >= 0.6 is 46.4 Å². The summed E-state index contributed by atoms with van der Waals surface area (Å²) in [4.78, 5) is 28.5. The second-order valence-corrected chi connectivity index (χ2v) is 9.89. The van der Waals surface area contributed by atoms with E-state index in [0.717, 1.165) is 24.0 Å². The molecule has 0 spiro atoms. The van der Waals surface area contributed by atoms with E-state index in [1.165, 1.54) is 0 Å². The molecular formula is C23H22Cl4N2O2. The van der Waals surface area contributed by atoms with Crippen molar-refractivity contribution in [2.45, 2.75) is 43.6 Å². The predicted molar refractivity (Wildman–Crippen MR) is 125 cm³/mol. The maximum Gasteiger partial charge on any atom is 0.245 e. The molecule has 1 unspecified atom stereocenters. The average molecular weight is 500 g/mol. The highest BCUT2D eigenvalue weighted by Crippen LogP contribution is 2.51. The van der Waals surface area contributed by atoms with Crippen molar-refractivity contribution in [2.75, 3.05) is 13.1 Å². The number of halogens is 4. The van der Waals surface area contributed by atoms with Crippen molar-refractivity contribution in [3.8, 4) is 0 Å². The molecule has 1 heterocycles. The highest BCUT2D eigenvalue weighted by atomic mass is 35.5. The summed E-state index contributed by atoms with van der Waals surface area (Å²) >= 11 is 24.8. The number of carbonyl (C=O) groups is 2. The molecule has 0 bridgehead atoms. The zero-order valence-corrected chi connectivity index (χ0v) is 19.8. The van der Waals surface area contributed by atoms with Crippen molar-refractivity contribution in [2.24, 2.45) is 0 Å². The Labute approximate surface area is 201 Å². The van der Waals surface area contributed by atoms with Crippen molar-refractivity contribution in [1.82, 2.24) is 10.2 Å². The fourth-order valence-corrected chi connectivity index (χ4v) is 5.26. The topological polar surface area (TPSA) is 49.4 Å². The summed E-state index contributed by atoms with van der Waals surface area (Å²) < 4.78 is 0. The van der Waals surface area contributed by atoms with E-state index in [4.69, 9.17) is 46.4 Å². The van der Waals surface area contributed by atoms with Crippen LogP contribution in [0.4, 0.5) is 0 Å². The number of benzene rings is 2. The van der Waals surface area contributed by atoms with Crippen molar-refractivity contribution in [3.63, 3.8) is 0 Å². The summed E-state index contributed by atoms with van der Waals surface area (Å²) in [6.45, 7) is 1.40. The molecule has 1 atom stereocenters. The minimum atomic E-state index is -0.727. The van der Waals surface area contributed by atoms with Gasteiger partial charge in [0.05, 0.1) is 5.41 Å². The van der Waals surface area contributed by atoms with E-state index in [1.807, 2.05) is 4.90 Å². The molecule has 4 rings (SSSR count). The lowest BCUT2D eigenvalue weighted by Gasteiger charge is -2.27. The van der Waals surface area contributed by atoms with Crippen LogP contribution in [0, 0.1) is 0 Å². The Kier molecular flexibility index (Phi) is 6.73. The van der Waals surface area contributed by atoms with E-state index in [1.54, 1.807) is 36.4 Å². The number of hydrogen-bond acceptors (Lipinski definition) is 2. The van der Waals surface area contributed by atoms with Crippen molar-refractivity contribution in [1.29, 1.82) is 0 Å². The van der Waals surface area contributed by atoms with Gasteiger partial charge < -0.3 is 10.2 Å². The molecule has 1 N–H and O–H groups in total. The fourth-order valence-electron chi connectivity index (χ4n) is 4.18. The molecule has 4 nitrogen and oxygen atoms in total. The molecule has 31 heavy (non-hydrogen) atoms. The van der Waals surface area contributed by atoms with Gasteiger partial charge in [0.25, 0.3) is 0 Å². The summed E-state index contributed by atoms with van der Waals surface area (Å²) in [7, 11) is 0. The molecular weight excluding hydrogens is 478 g/mol. The van der Waals surface area contributed by atoms with Gasteiger partial charge in [-0.1, -0.05) is 58.5 Å². The van der Waals surface area contributed by atoms with E-state index < -0.39 is 11.5 Å². The van der Waals surface area contributed by atoms with Crippen LogP contribution in [0.2, 0.25) is 20.1 Å². The first kappa shape index (κ1) is 22.7. The van der Waals surface area contributed by atoms with Crippen LogP contribution < -0.4 is 5.32 Å². The first-order valence-corrected chi connectivity index (χ1v) is 11.8. The molecule has 2 amide bonds. The zero-order valence-electron chi connectivity index (χ0n) is 16.8. The average Bonchev–Trinajstić information content (AvgIpc) is 3.34. The summed E-state index contributed by atoms with van der Waals surface area (Å²) in [5, 5.41) is 4.99. The van der Waals surface area contributed by atoms with Crippen LogP contribution in [0.15, 0.2) is 36.4 Å². The number of carbonyl (C=O) groups excluding carboxylic acids is 2. The third-order valence-electron chi connectivity index (χ3n) is 6.09. The Morgan fingerprint density at radius 1 is 0.935 bits per heavy atom. The van der Waals surface area contributed by atoms with Crippen LogP contribution in [0.5, 0.6) is 0 Å². The van der Waals surface area contributed by atoms with E-state index >= 15 is 0 Å². The van der Waals surface area contributed by atoms with E-state index in [9.17, 15) is 9.59 Å². The van der Waals surface area contributed by atoms with Gasteiger partial charge in [0.1, 0.15) is 6.04 Å². The Morgan fingerprint density at radius 3 is 2.13 bits per heavy atom.